The average Bonchev–Trinajstić information content (AvgIpc) is 2.99. The number of methoxy groups -OCH3 is 1. The number of hydrogen-bond donors (Lipinski definition) is 1. The van der Waals surface area contributed by atoms with Crippen LogP contribution in [0.1, 0.15) is 37.4 Å². The maximum atomic E-state index is 13.7. The molecule has 6 nitrogen and oxygen atoms in total. The van der Waals surface area contributed by atoms with Gasteiger partial charge in [-0.05, 0) is 36.1 Å². The lowest BCUT2D eigenvalue weighted by molar-refractivity contribution is -0.139. The first-order chi connectivity index (χ1) is 15.9. The molecule has 0 bridgehead atoms. The molecule has 0 saturated carbocycles. The number of aromatic nitrogens is 1. The minimum absolute atomic E-state index is 0.0490. The van der Waals surface area contributed by atoms with Crippen molar-refractivity contribution < 1.29 is 14.3 Å². The van der Waals surface area contributed by atoms with Crippen LogP contribution >= 0.6 is 11.8 Å². The van der Waals surface area contributed by atoms with Gasteiger partial charge in [0.15, 0.2) is 0 Å². The van der Waals surface area contributed by atoms with Crippen LogP contribution in [-0.4, -0.2) is 40.7 Å². The number of para-hydroxylation sites is 1. The van der Waals surface area contributed by atoms with Gasteiger partial charge in [0.1, 0.15) is 11.8 Å². The first-order valence-electron chi connectivity index (χ1n) is 11.3. The minimum atomic E-state index is -0.702. The van der Waals surface area contributed by atoms with Gasteiger partial charge in [0.2, 0.25) is 11.8 Å². The van der Waals surface area contributed by atoms with Crippen molar-refractivity contribution in [2.75, 3.05) is 19.4 Å². The van der Waals surface area contributed by atoms with Gasteiger partial charge in [-0.3, -0.25) is 9.59 Å². The molecule has 0 saturated heterocycles. The van der Waals surface area contributed by atoms with Crippen molar-refractivity contribution in [1.82, 2.24) is 14.8 Å². The number of aryl methyl sites for hydroxylation is 1. The van der Waals surface area contributed by atoms with E-state index in [-0.39, 0.29) is 17.6 Å². The number of rotatable bonds is 7. The summed E-state index contributed by atoms with van der Waals surface area (Å²) in [4.78, 5) is 28.8. The molecule has 1 aliphatic heterocycles. The normalized spacial score (nSPS) is 16.1. The van der Waals surface area contributed by atoms with Gasteiger partial charge in [0.05, 0.1) is 17.9 Å². The number of fused-ring (bicyclic) bond motifs is 3. The molecule has 3 aromatic rings. The molecule has 0 spiro atoms. The maximum absolute atomic E-state index is 13.7. The van der Waals surface area contributed by atoms with Gasteiger partial charge < -0.3 is 19.5 Å². The summed E-state index contributed by atoms with van der Waals surface area (Å²) in [7, 11) is 3.63. The summed E-state index contributed by atoms with van der Waals surface area (Å²) in [6.45, 7) is 5.19. The van der Waals surface area contributed by atoms with E-state index < -0.39 is 6.04 Å². The van der Waals surface area contributed by atoms with Crippen LogP contribution in [0.25, 0.3) is 10.9 Å². The molecule has 1 atom stereocenters. The van der Waals surface area contributed by atoms with Crippen molar-refractivity contribution in [2.24, 2.45) is 13.0 Å². The second-order valence-electron chi connectivity index (χ2n) is 8.83. The Bertz CT molecular complexity index is 1170. The largest absolute Gasteiger partial charge is 0.497 e. The van der Waals surface area contributed by atoms with Gasteiger partial charge in [-0.15, -0.1) is 0 Å². The second-order valence-corrected chi connectivity index (χ2v) is 9.80. The zero-order chi connectivity index (χ0) is 23.5. The standard InChI is InChI=1S/C26H31N3O3S/c1-17(2)12-13-27-25(31)24-23-20-10-5-6-11-21(20)28(3)26(23)33-16-22(30)29(24)15-18-8-7-9-19(14-18)32-4/h5-11,14,17,24H,12-13,15-16H2,1-4H3,(H,27,31). The van der Waals surface area contributed by atoms with Crippen LogP contribution in [0.15, 0.2) is 53.6 Å². The quantitative estimate of drug-likeness (QED) is 0.557. The predicted molar refractivity (Wildman–Crippen MR) is 132 cm³/mol. The smallest absolute Gasteiger partial charge is 0.247 e. The minimum Gasteiger partial charge on any atom is -0.497 e. The van der Waals surface area contributed by atoms with Gasteiger partial charge in [-0.2, -0.15) is 0 Å². The Kier molecular flexibility index (Phi) is 6.98. The molecular weight excluding hydrogens is 434 g/mol. The molecule has 2 aromatic carbocycles. The molecule has 0 aliphatic carbocycles. The molecule has 4 rings (SSSR count). The van der Waals surface area contributed by atoms with Crippen LogP contribution < -0.4 is 10.1 Å². The summed E-state index contributed by atoms with van der Waals surface area (Å²) >= 11 is 1.51. The van der Waals surface area contributed by atoms with Crippen LogP contribution in [0.2, 0.25) is 0 Å². The number of amides is 2. The van der Waals surface area contributed by atoms with E-state index in [9.17, 15) is 9.59 Å². The van der Waals surface area contributed by atoms with E-state index in [4.69, 9.17) is 4.74 Å². The number of carbonyl (C=O) groups excluding carboxylic acids is 2. The Morgan fingerprint density at radius 1 is 1.21 bits per heavy atom. The van der Waals surface area contributed by atoms with Crippen molar-refractivity contribution in [1.29, 1.82) is 0 Å². The molecule has 1 aromatic heterocycles. The van der Waals surface area contributed by atoms with E-state index in [2.05, 4.69) is 29.8 Å². The van der Waals surface area contributed by atoms with E-state index in [0.717, 1.165) is 39.2 Å². The van der Waals surface area contributed by atoms with E-state index in [1.165, 1.54) is 11.8 Å². The molecule has 33 heavy (non-hydrogen) atoms. The molecule has 1 unspecified atom stereocenters. The number of nitrogens with zero attached hydrogens (tertiary/aromatic N) is 2. The van der Waals surface area contributed by atoms with Gasteiger partial charge in [-0.25, -0.2) is 0 Å². The van der Waals surface area contributed by atoms with Gasteiger partial charge in [0.25, 0.3) is 0 Å². The third-order valence-electron chi connectivity index (χ3n) is 6.08. The number of benzene rings is 2. The SMILES string of the molecule is COc1cccc(CN2C(=O)CSc3c(c4ccccc4n3C)C2C(=O)NCCC(C)C)c1. The Balaban J connectivity index is 1.80. The summed E-state index contributed by atoms with van der Waals surface area (Å²) in [6, 6.07) is 15.1. The zero-order valence-electron chi connectivity index (χ0n) is 19.6. The topological polar surface area (TPSA) is 63.6 Å². The van der Waals surface area contributed by atoms with Crippen LogP contribution in [0.4, 0.5) is 0 Å². The summed E-state index contributed by atoms with van der Waals surface area (Å²) < 4.78 is 7.48. The molecular formula is C26H31N3O3S. The van der Waals surface area contributed by atoms with Crippen LogP contribution in [0.3, 0.4) is 0 Å². The van der Waals surface area contributed by atoms with Gasteiger partial charge in [0, 0.05) is 36.6 Å². The fraction of sp³-hybridized carbons (Fsp3) is 0.385. The summed E-state index contributed by atoms with van der Waals surface area (Å²) in [5, 5.41) is 5.09. The van der Waals surface area contributed by atoms with E-state index in [1.54, 1.807) is 12.0 Å². The Morgan fingerprint density at radius 3 is 2.76 bits per heavy atom. The lowest BCUT2D eigenvalue weighted by Crippen LogP contribution is -2.43. The van der Waals surface area contributed by atoms with Crippen molar-refractivity contribution in [3.63, 3.8) is 0 Å². The average molecular weight is 466 g/mol. The highest BCUT2D eigenvalue weighted by Crippen LogP contribution is 2.42. The molecule has 2 heterocycles. The predicted octanol–water partition coefficient (Wildman–Crippen LogP) is 4.52. The molecule has 0 radical (unpaired) electrons. The van der Waals surface area contributed by atoms with Crippen LogP contribution in [0.5, 0.6) is 5.75 Å². The van der Waals surface area contributed by atoms with Crippen molar-refractivity contribution in [3.05, 3.63) is 59.7 Å². The summed E-state index contributed by atoms with van der Waals surface area (Å²) in [6.07, 6.45) is 0.888. The lowest BCUT2D eigenvalue weighted by atomic mass is 10.0. The molecule has 0 fully saturated rings. The zero-order valence-corrected chi connectivity index (χ0v) is 20.4. The van der Waals surface area contributed by atoms with Crippen LogP contribution in [-0.2, 0) is 23.2 Å². The van der Waals surface area contributed by atoms with Crippen molar-refractivity contribution in [2.45, 2.75) is 37.9 Å². The van der Waals surface area contributed by atoms with Crippen molar-refractivity contribution >= 4 is 34.5 Å². The second kappa shape index (κ2) is 9.91. The van der Waals surface area contributed by atoms with Crippen molar-refractivity contribution in [3.8, 4) is 5.75 Å². The fourth-order valence-electron chi connectivity index (χ4n) is 4.35. The Hall–Kier alpha value is -2.93. The number of hydrogen-bond acceptors (Lipinski definition) is 4. The van der Waals surface area contributed by atoms with E-state index in [1.807, 2.05) is 49.5 Å². The highest BCUT2D eigenvalue weighted by atomic mass is 32.2. The monoisotopic (exact) mass is 465 g/mol. The number of carbonyl (C=O) groups is 2. The first-order valence-corrected chi connectivity index (χ1v) is 12.3. The number of ether oxygens (including phenoxy) is 1. The third kappa shape index (κ3) is 4.74. The Morgan fingerprint density at radius 2 is 2.00 bits per heavy atom. The van der Waals surface area contributed by atoms with Gasteiger partial charge >= 0.3 is 0 Å². The van der Waals surface area contributed by atoms with E-state index in [0.29, 0.717) is 19.0 Å². The van der Waals surface area contributed by atoms with Crippen LogP contribution in [0, 0.1) is 5.92 Å². The molecule has 174 valence electrons. The Labute approximate surface area is 199 Å². The maximum Gasteiger partial charge on any atom is 0.247 e. The number of nitrogens with one attached hydrogen (secondary N) is 1. The third-order valence-corrected chi connectivity index (χ3v) is 7.24. The first kappa shape index (κ1) is 23.2. The molecule has 1 N–H and O–H groups in total. The fourth-order valence-corrected chi connectivity index (χ4v) is 5.45. The molecule has 2 amide bonds. The highest BCUT2D eigenvalue weighted by molar-refractivity contribution is 8.00. The lowest BCUT2D eigenvalue weighted by Gasteiger charge is -2.30. The highest BCUT2D eigenvalue weighted by Gasteiger charge is 2.38. The molecule has 1 aliphatic rings. The van der Waals surface area contributed by atoms with E-state index >= 15 is 0 Å². The molecule has 7 heteroatoms. The summed E-state index contributed by atoms with van der Waals surface area (Å²) in [5.41, 5.74) is 2.90. The summed E-state index contributed by atoms with van der Waals surface area (Å²) in [5.74, 6) is 1.32. The number of thioether (sulfide) groups is 1. The van der Waals surface area contributed by atoms with Gasteiger partial charge in [-0.1, -0.05) is 55.9 Å².